The van der Waals surface area contributed by atoms with Crippen molar-refractivity contribution in [2.24, 2.45) is 0 Å². The van der Waals surface area contributed by atoms with Crippen LogP contribution >= 0.6 is 0 Å². The van der Waals surface area contributed by atoms with Gasteiger partial charge in [-0.25, -0.2) is 0 Å². The minimum absolute atomic E-state index is 0.517. The van der Waals surface area contributed by atoms with Gasteiger partial charge in [-0.2, -0.15) is 0 Å². The molecule has 3 heteroatoms. The highest BCUT2D eigenvalue weighted by Gasteiger charge is 2.03. The Hall–Kier alpha value is -0.930. The zero-order valence-corrected chi connectivity index (χ0v) is 9.90. The molecule has 0 saturated heterocycles. The Labute approximate surface area is 92.5 Å². The van der Waals surface area contributed by atoms with E-state index in [1.54, 1.807) is 0 Å². The highest BCUT2D eigenvalue weighted by Crippen LogP contribution is 1.96. The molecule has 84 valence electrons. The molecule has 1 rings (SSSR count). The molecular weight excluding hydrogens is 186 g/mol. The van der Waals surface area contributed by atoms with Crippen LogP contribution in [0.4, 0.5) is 0 Å². The second kappa shape index (κ2) is 6.53. The maximum absolute atomic E-state index is 4.00. The van der Waals surface area contributed by atoms with E-state index < -0.39 is 0 Å². The van der Waals surface area contributed by atoms with E-state index in [-0.39, 0.29) is 0 Å². The van der Waals surface area contributed by atoms with Crippen molar-refractivity contribution in [3.63, 3.8) is 0 Å². The van der Waals surface area contributed by atoms with Crippen LogP contribution in [0, 0.1) is 0 Å². The minimum Gasteiger partial charge on any atom is -0.309 e. The predicted octanol–water partition coefficient (Wildman–Crippen LogP) is 1.51. The smallest absolute Gasteiger partial charge is 0.0271 e. The quantitative estimate of drug-likeness (QED) is 0.766. The number of likely N-dealkylation sites (N-methyl/N-ethyl adjacent to an activating group) is 1. The fourth-order valence-electron chi connectivity index (χ4n) is 1.45. The third-order valence-corrected chi connectivity index (χ3v) is 2.53. The fraction of sp³-hybridized carbons (Fsp3) is 0.583. The molecule has 1 unspecified atom stereocenters. The standard InChI is InChI=1S/C12H21N3/c1-4-15(3)10-11(2)14-9-12-5-7-13-8-6-12/h5-8,11,14H,4,9-10H2,1-3H3. The molecule has 3 nitrogen and oxygen atoms in total. The summed E-state index contributed by atoms with van der Waals surface area (Å²) in [6.07, 6.45) is 3.67. The molecule has 1 aromatic rings. The van der Waals surface area contributed by atoms with E-state index in [2.05, 4.69) is 36.1 Å². The average Bonchev–Trinajstić information content (AvgIpc) is 2.27. The Morgan fingerprint density at radius 3 is 2.67 bits per heavy atom. The Bertz CT molecular complexity index is 261. The first kappa shape index (κ1) is 12.1. The molecule has 1 atom stereocenters. The van der Waals surface area contributed by atoms with Crippen LogP contribution in [0.25, 0.3) is 0 Å². The SMILES string of the molecule is CCN(C)CC(C)NCc1ccncc1. The monoisotopic (exact) mass is 207 g/mol. The highest BCUT2D eigenvalue weighted by molar-refractivity contribution is 5.09. The zero-order chi connectivity index (χ0) is 11.1. The third-order valence-electron chi connectivity index (χ3n) is 2.53. The number of pyridine rings is 1. The van der Waals surface area contributed by atoms with Crippen LogP contribution in [0.2, 0.25) is 0 Å². The molecule has 1 aromatic heterocycles. The van der Waals surface area contributed by atoms with Gasteiger partial charge < -0.3 is 10.2 Å². The first-order valence-electron chi connectivity index (χ1n) is 5.53. The summed E-state index contributed by atoms with van der Waals surface area (Å²) in [6.45, 7) is 7.49. The number of rotatable bonds is 6. The van der Waals surface area contributed by atoms with Crippen LogP contribution in [0.3, 0.4) is 0 Å². The van der Waals surface area contributed by atoms with Crippen LogP contribution < -0.4 is 5.32 Å². The van der Waals surface area contributed by atoms with Gasteiger partial charge in [-0.05, 0) is 38.2 Å². The Balaban J connectivity index is 2.25. The molecule has 15 heavy (non-hydrogen) atoms. The summed E-state index contributed by atoms with van der Waals surface area (Å²) < 4.78 is 0. The maximum Gasteiger partial charge on any atom is 0.0271 e. The molecule has 0 bridgehead atoms. The van der Waals surface area contributed by atoms with Crippen molar-refractivity contribution >= 4 is 0 Å². The Kier molecular flexibility index (Phi) is 5.29. The lowest BCUT2D eigenvalue weighted by molar-refractivity contribution is 0.309. The van der Waals surface area contributed by atoms with Gasteiger partial charge in [0.1, 0.15) is 0 Å². The molecule has 0 amide bonds. The molecule has 1 heterocycles. The lowest BCUT2D eigenvalue weighted by Crippen LogP contribution is -2.36. The van der Waals surface area contributed by atoms with Crippen LogP contribution in [-0.2, 0) is 6.54 Å². The van der Waals surface area contributed by atoms with Gasteiger partial charge in [0, 0.05) is 31.5 Å². The lowest BCUT2D eigenvalue weighted by atomic mass is 10.2. The van der Waals surface area contributed by atoms with E-state index in [0.29, 0.717) is 6.04 Å². The van der Waals surface area contributed by atoms with E-state index in [1.807, 2.05) is 24.5 Å². The zero-order valence-electron chi connectivity index (χ0n) is 9.90. The average molecular weight is 207 g/mol. The van der Waals surface area contributed by atoms with Crippen LogP contribution in [-0.4, -0.2) is 36.1 Å². The van der Waals surface area contributed by atoms with E-state index in [9.17, 15) is 0 Å². The number of aromatic nitrogens is 1. The van der Waals surface area contributed by atoms with Crippen LogP contribution in [0.5, 0.6) is 0 Å². The van der Waals surface area contributed by atoms with Crippen molar-refractivity contribution in [2.75, 3.05) is 20.1 Å². The molecule has 0 fully saturated rings. The number of nitrogens with one attached hydrogen (secondary N) is 1. The van der Waals surface area contributed by atoms with E-state index in [4.69, 9.17) is 0 Å². The van der Waals surface area contributed by atoms with Gasteiger partial charge in [0.2, 0.25) is 0 Å². The minimum atomic E-state index is 0.517. The van der Waals surface area contributed by atoms with Gasteiger partial charge >= 0.3 is 0 Å². The first-order valence-corrected chi connectivity index (χ1v) is 5.53. The van der Waals surface area contributed by atoms with Crippen molar-refractivity contribution in [1.82, 2.24) is 15.2 Å². The molecule has 0 spiro atoms. The van der Waals surface area contributed by atoms with Crippen molar-refractivity contribution < 1.29 is 0 Å². The molecular formula is C12H21N3. The Morgan fingerprint density at radius 1 is 1.40 bits per heavy atom. The van der Waals surface area contributed by atoms with Crippen LogP contribution in [0.15, 0.2) is 24.5 Å². The summed E-state index contributed by atoms with van der Waals surface area (Å²) in [5.41, 5.74) is 1.29. The second-order valence-corrected chi connectivity index (χ2v) is 3.99. The largest absolute Gasteiger partial charge is 0.309 e. The molecule has 0 aromatic carbocycles. The van der Waals surface area contributed by atoms with Gasteiger partial charge in [-0.1, -0.05) is 6.92 Å². The Morgan fingerprint density at radius 2 is 2.07 bits per heavy atom. The van der Waals surface area contributed by atoms with E-state index in [0.717, 1.165) is 19.6 Å². The summed E-state index contributed by atoms with van der Waals surface area (Å²) >= 11 is 0. The molecule has 0 aliphatic carbocycles. The second-order valence-electron chi connectivity index (χ2n) is 3.99. The number of nitrogens with zero attached hydrogens (tertiary/aromatic N) is 2. The maximum atomic E-state index is 4.00. The van der Waals surface area contributed by atoms with Gasteiger partial charge in [0.25, 0.3) is 0 Å². The molecule has 0 radical (unpaired) electrons. The third kappa shape index (κ3) is 4.91. The van der Waals surface area contributed by atoms with Gasteiger partial charge in [0.05, 0.1) is 0 Å². The molecule has 0 aliphatic heterocycles. The van der Waals surface area contributed by atoms with Crippen molar-refractivity contribution in [3.8, 4) is 0 Å². The van der Waals surface area contributed by atoms with E-state index >= 15 is 0 Å². The van der Waals surface area contributed by atoms with Gasteiger partial charge in [-0.15, -0.1) is 0 Å². The lowest BCUT2D eigenvalue weighted by Gasteiger charge is -2.20. The van der Waals surface area contributed by atoms with Crippen molar-refractivity contribution in [1.29, 1.82) is 0 Å². The summed E-state index contributed by atoms with van der Waals surface area (Å²) in [5, 5.41) is 3.49. The fourth-order valence-corrected chi connectivity index (χ4v) is 1.45. The molecule has 1 N–H and O–H groups in total. The summed E-state index contributed by atoms with van der Waals surface area (Å²) in [6, 6.07) is 4.61. The first-order chi connectivity index (χ1) is 7.22. The molecule has 0 saturated carbocycles. The predicted molar refractivity (Wildman–Crippen MR) is 63.7 cm³/mol. The van der Waals surface area contributed by atoms with Crippen molar-refractivity contribution in [3.05, 3.63) is 30.1 Å². The summed E-state index contributed by atoms with van der Waals surface area (Å²) in [5.74, 6) is 0. The summed E-state index contributed by atoms with van der Waals surface area (Å²) in [7, 11) is 2.14. The van der Waals surface area contributed by atoms with Crippen LogP contribution in [0.1, 0.15) is 19.4 Å². The molecule has 0 aliphatic rings. The van der Waals surface area contributed by atoms with Crippen molar-refractivity contribution in [2.45, 2.75) is 26.4 Å². The number of hydrogen-bond donors (Lipinski definition) is 1. The number of hydrogen-bond acceptors (Lipinski definition) is 3. The normalized spacial score (nSPS) is 13.1. The van der Waals surface area contributed by atoms with Gasteiger partial charge in [0.15, 0.2) is 0 Å². The van der Waals surface area contributed by atoms with E-state index in [1.165, 1.54) is 5.56 Å². The van der Waals surface area contributed by atoms with Gasteiger partial charge in [-0.3, -0.25) is 4.98 Å². The highest BCUT2D eigenvalue weighted by atomic mass is 15.1. The topological polar surface area (TPSA) is 28.2 Å². The summed E-state index contributed by atoms with van der Waals surface area (Å²) in [4.78, 5) is 6.31.